The highest BCUT2D eigenvalue weighted by molar-refractivity contribution is 6.30. The van der Waals surface area contributed by atoms with Gasteiger partial charge in [-0.3, -0.25) is 19.0 Å². The van der Waals surface area contributed by atoms with E-state index in [9.17, 15) is 14.4 Å². The number of carbonyl (C=O) groups is 3. The van der Waals surface area contributed by atoms with Crippen molar-refractivity contribution in [2.45, 2.75) is 46.1 Å². The number of nitrogens with zero attached hydrogens (tertiary/aromatic N) is 1. The summed E-state index contributed by atoms with van der Waals surface area (Å²) in [5, 5.41) is 7.30. The first-order chi connectivity index (χ1) is 20.4. The summed E-state index contributed by atoms with van der Waals surface area (Å²) in [6.45, 7) is 7.68. The Morgan fingerprint density at radius 1 is 1.00 bits per heavy atom. The molecule has 0 bridgehead atoms. The van der Waals surface area contributed by atoms with E-state index in [2.05, 4.69) is 10.6 Å². The molecular weight excluding hydrogens is 568 g/mol. The molecule has 9 nitrogen and oxygen atoms in total. The number of methoxy groups -OCH3 is 1. The minimum atomic E-state index is -0.559. The Hall–Kier alpha value is -4.50. The minimum Gasteiger partial charge on any atom is -0.497 e. The average Bonchev–Trinajstić information content (AvgIpc) is 3.21. The van der Waals surface area contributed by atoms with Gasteiger partial charge in [-0.1, -0.05) is 17.7 Å². The Kier molecular flexibility index (Phi) is 9.66. The second-order valence-electron chi connectivity index (χ2n) is 11.2. The first kappa shape index (κ1) is 31.4. The van der Waals surface area contributed by atoms with Gasteiger partial charge in [-0.05, 0) is 99.8 Å². The monoisotopic (exact) mass is 604 g/mol. The molecule has 0 spiro atoms. The van der Waals surface area contributed by atoms with Gasteiger partial charge < -0.3 is 25.8 Å². The number of esters is 1. The number of nitrogens with one attached hydrogen (secondary N) is 2. The maximum absolute atomic E-state index is 13.5. The standard InChI is InChI=1S/C33H37ClN4O5/c1-20-25(26-17-24(42-5)11-13-29(26)38(20)32(41)22-7-9-23(34)10-8-22)18-30(39)36-15-14-21-6-12-28(27(35)16-21)37-19-31(40)43-33(2,3)4/h6-13,16-17,37H,14-15,18-19,35H2,1-5H3,(H,36,39). The summed E-state index contributed by atoms with van der Waals surface area (Å²) >= 11 is 6.02. The fraction of sp³-hybridized carbons (Fsp3) is 0.303. The van der Waals surface area contributed by atoms with Crippen molar-refractivity contribution in [2.75, 3.05) is 31.2 Å². The van der Waals surface area contributed by atoms with E-state index in [4.69, 9.17) is 26.8 Å². The zero-order valence-corrected chi connectivity index (χ0v) is 25.8. The van der Waals surface area contributed by atoms with Crippen LogP contribution in [0.4, 0.5) is 11.4 Å². The number of amides is 1. The van der Waals surface area contributed by atoms with E-state index in [-0.39, 0.29) is 30.7 Å². The van der Waals surface area contributed by atoms with Crippen LogP contribution in [-0.2, 0) is 27.2 Å². The molecule has 0 radical (unpaired) electrons. The highest BCUT2D eigenvalue weighted by Gasteiger charge is 2.22. The topological polar surface area (TPSA) is 125 Å². The van der Waals surface area contributed by atoms with Crippen molar-refractivity contribution in [3.05, 3.63) is 88.1 Å². The lowest BCUT2D eigenvalue weighted by molar-refractivity contribution is -0.152. The van der Waals surface area contributed by atoms with Crippen LogP contribution in [0, 0.1) is 6.92 Å². The van der Waals surface area contributed by atoms with Gasteiger partial charge in [0.2, 0.25) is 5.91 Å². The molecule has 0 fully saturated rings. The molecule has 10 heteroatoms. The number of hydrogen-bond acceptors (Lipinski definition) is 7. The third-order valence-electron chi connectivity index (χ3n) is 6.87. The predicted molar refractivity (Wildman–Crippen MR) is 170 cm³/mol. The van der Waals surface area contributed by atoms with E-state index >= 15 is 0 Å². The molecule has 4 rings (SSSR count). The lowest BCUT2D eigenvalue weighted by Crippen LogP contribution is -2.28. The zero-order chi connectivity index (χ0) is 31.3. The van der Waals surface area contributed by atoms with Crippen LogP contribution in [0.25, 0.3) is 10.9 Å². The maximum Gasteiger partial charge on any atom is 0.325 e. The molecule has 3 aromatic carbocycles. The number of nitrogen functional groups attached to an aromatic ring is 1. The van der Waals surface area contributed by atoms with E-state index in [1.165, 1.54) is 0 Å². The molecule has 0 saturated heterocycles. The molecule has 0 saturated carbocycles. The van der Waals surface area contributed by atoms with Gasteiger partial charge in [-0.2, -0.15) is 0 Å². The third kappa shape index (κ3) is 7.87. The summed E-state index contributed by atoms with van der Waals surface area (Å²) in [5.41, 5.74) is 10.3. The van der Waals surface area contributed by atoms with Gasteiger partial charge in [0.15, 0.2) is 0 Å². The van der Waals surface area contributed by atoms with E-state index in [0.717, 1.165) is 16.5 Å². The second-order valence-corrected chi connectivity index (χ2v) is 11.7. The zero-order valence-electron chi connectivity index (χ0n) is 25.0. The van der Waals surface area contributed by atoms with Crippen LogP contribution in [-0.4, -0.2) is 48.2 Å². The number of ether oxygens (including phenoxy) is 2. The Labute approximate surface area is 256 Å². The Morgan fingerprint density at radius 3 is 2.37 bits per heavy atom. The number of nitrogens with two attached hydrogens (primary N) is 1. The molecule has 0 aliphatic heterocycles. The van der Waals surface area contributed by atoms with Crippen LogP contribution in [0.2, 0.25) is 5.02 Å². The van der Waals surface area contributed by atoms with Crippen molar-refractivity contribution >= 4 is 51.7 Å². The quantitative estimate of drug-likeness (QED) is 0.160. The summed E-state index contributed by atoms with van der Waals surface area (Å²) in [7, 11) is 1.58. The molecule has 0 atom stereocenters. The second kappa shape index (κ2) is 13.2. The van der Waals surface area contributed by atoms with Crippen molar-refractivity contribution in [1.82, 2.24) is 9.88 Å². The van der Waals surface area contributed by atoms with Crippen molar-refractivity contribution in [3.63, 3.8) is 0 Å². The van der Waals surface area contributed by atoms with Gasteiger partial charge in [0.25, 0.3) is 5.91 Å². The number of rotatable bonds is 10. The predicted octanol–water partition coefficient (Wildman–Crippen LogP) is 5.54. The molecule has 1 heterocycles. The van der Waals surface area contributed by atoms with Gasteiger partial charge in [0.05, 0.1) is 30.4 Å². The normalized spacial score (nSPS) is 11.3. The Bertz CT molecular complexity index is 1650. The van der Waals surface area contributed by atoms with E-state index in [1.807, 2.05) is 52.0 Å². The van der Waals surface area contributed by atoms with Gasteiger partial charge in [0.1, 0.15) is 17.9 Å². The molecular formula is C33H37ClN4O5. The van der Waals surface area contributed by atoms with Crippen LogP contribution in [0.1, 0.15) is 48.0 Å². The highest BCUT2D eigenvalue weighted by Crippen LogP contribution is 2.31. The largest absolute Gasteiger partial charge is 0.497 e. The van der Waals surface area contributed by atoms with Crippen LogP contribution in [0.3, 0.4) is 0 Å². The first-order valence-electron chi connectivity index (χ1n) is 14.0. The summed E-state index contributed by atoms with van der Waals surface area (Å²) < 4.78 is 12.4. The highest BCUT2D eigenvalue weighted by atomic mass is 35.5. The van der Waals surface area contributed by atoms with Crippen molar-refractivity contribution < 1.29 is 23.9 Å². The van der Waals surface area contributed by atoms with E-state index in [1.54, 1.807) is 48.1 Å². The lowest BCUT2D eigenvalue weighted by Gasteiger charge is -2.20. The fourth-order valence-corrected chi connectivity index (χ4v) is 4.96. The van der Waals surface area contributed by atoms with Crippen molar-refractivity contribution in [3.8, 4) is 5.75 Å². The fourth-order valence-electron chi connectivity index (χ4n) is 4.84. The molecule has 4 N–H and O–H groups in total. The molecule has 1 amide bonds. The number of fused-ring (bicyclic) bond motifs is 1. The summed E-state index contributed by atoms with van der Waals surface area (Å²) in [6, 6.07) is 17.7. The van der Waals surface area contributed by atoms with Gasteiger partial charge >= 0.3 is 5.97 Å². The van der Waals surface area contributed by atoms with Crippen molar-refractivity contribution in [2.24, 2.45) is 0 Å². The molecule has 43 heavy (non-hydrogen) atoms. The van der Waals surface area contributed by atoms with Crippen molar-refractivity contribution in [1.29, 1.82) is 0 Å². The number of anilines is 2. The van der Waals surface area contributed by atoms with Crippen LogP contribution < -0.4 is 21.1 Å². The number of benzene rings is 3. The van der Waals surface area contributed by atoms with Gasteiger partial charge in [-0.15, -0.1) is 0 Å². The number of carbonyl (C=O) groups excluding carboxylic acids is 3. The minimum absolute atomic E-state index is 0.00384. The number of aromatic nitrogens is 1. The smallest absolute Gasteiger partial charge is 0.325 e. The summed E-state index contributed by atoms with van der Waals surface area (Å²) in [4.78, 5) is 38.6. The Balaban J connectivity index is 1.42. The number of halogens is 1. The average molecular weight is 605 g/mol. The lowest BCUT2D eigenvalue weighted by atomic mass is 10.1. The molecule has 4 aromatic rings. The molecule has 1 aromatic heterocycles. The molecule has 0 aliphatic carbocycles. The van der Waals surface area contributed by atoms with E-state index in [0.29, 0.717) is 51.9 Å². The van der Waals surface area contributed by atoms with Crippen LogP contribution in [0.15, 0.2) is 60.7 Å². The van der Waals surface area contributed by atoms with Gasteiger partial charge in [0, 0.05) is 28.2 Å². The molecule has 226 valence electrons. The molecule has 0 aliphatic rings. The maximum atomic E-state index is 13.5. The Morgan fingerprint density at radius 2 is 1.72 bits per heavy atom. The number of hydrogen-bond donors (Lipinski definition) is 3. The van der Waals surface area contributed by atoms with Gasteiger partial charge in [-0.25, -0.2) is 0 Å². The summed E-state index contributed by atoms with van der Waals surface area (Å²) in [6.07, 6.45) is 0.651. The van der Waals surface area contributed by atoms with Crippen LogP contribution in [0.5, 0.6) is 5.75 Å². The first-order valence-corrected chi connectivity index (χ1v) is 14.3. The summed E-state index contributed by atoms with van der Waals surface area (Å²) in [5.74, 6) is -0.123. The molecule has 0 unspecified atom stereocenters. The van der Waals surface area contributed by atoms with Crippen LogP contribution >= 0.6 is 11.6 Å². The van der Waals surface area contributed by atoms with E-state index < -0.39 is 5.60 Å². The SMILES string of the molecule is COc1ccc2c(c1)c(CC(=O)NCCc1ccc(NCC(=O)OC(C)(C)C)c(N)c1)c(C)n2C(=O)c1ccc(Cl)cc1. The third-order valence-corrected chi connectivity index (χ3v) is 7.12.